The lowest BCUT2D eigenvalue weighted by Gasteiger charge is -2.20. The molecule has 3 aromatic rings. The Morgan fingerprint density at radius 2 is 1.97 bits per heavy atom. The van der Waals surface area contributed by atoms with Crippen LogP contribution in [0.15, 0.2) is 34.8 Å². The number of benzene rings is 1. The van der Waals surface area contributed by atoms with Crippen LogP contribution in [0, 0.1) is 13.8 Å². The van der Waals surface area contributed by atoms with Gasteiger partial charge < -0.3 is 4.57 Å². The normalized spacial score (nSPS) is 11.1. The maximum Gasteiger partial charge on any atom is 0.230 e. The first-order chi connectivity index (χ1) is 14.5. The van der Waals surface area contributed by atoms with Crippen molar-refractivity contribution >= 4 is 39.8 Å². The number of para-hydroxylation sites is 1. The molecule has 5 nitrogen and oxygen atoms in total. The summed E-state index contributed by atoms with van der Waals surface area (Å²) in [5.74, 6) is 0.713. The van der Waals surface area contributed by atoms with E-state index in [1.54, 1.807) is 23.6 Å². The molecule has 0 fully saturated rings. The van der Waals surface area contributed by atoms with Crippen LogP contribution in [0.25, 0.3) is 0 Å². The van der Waals surface area contributed by atoms with Gasteiger partial charge in [-0.2, -0.15) is 0 Å². The van der Waals surface area contributed by atoms with Gasteiger partial charge in [-0.15, -0.1) is 11.3 Å². The fraction of sp³-hybridized carbons (Fsp3) is 0.435. The van der Waals surface area contributed by atoms with E-state index in [2.05, 4.69) is 38.3 Å². The van der Waals surface area contributed by atoms with Crippen molar-refractivity contribution in [3.63, 3.8) is 0 Å². The number of aromatic nitrogens is 3. The molecule has 0 atom stereocenters. The lowest BCUT2D eigenvalue weighted by molar-refractivity contribution is -0.115. The molecule has 0 N–H and O–H groups in total. The second kappa shape index (κ2) is 10.3. The molecule has 0 unspecified atom stereocenters. The van der Waals surface area contributed by atoms with E-state index < -0.39 is 0 Å². The van der Waals surface area contributed by atoms with Crippen LogP contribution in [0.5, 0.6) is 0 Å². The van der Waals surface area contributed by atoms with Crippen molar-refractivity contribution < 1.29 is 4.79 Å². The number of thioether (sulfide) groups is 1. The van der Waals surface area contributed by atoms with Crippen LogP contribution in [0.3, 0.4) is 0 Å². The third kappa shape index (κ3) is 4.95. The second-order valence-corrected chi connectivity index (χ2v) is 9.10. The summed E-state index contributed by atoms with van der Waals surface area (Å²) >= 11 is 3.23. The highest BCUT2D eigenvalue weighted by molar-refractivity contribution is 7.98. The first-order valence-corrected chi connectivity index (χ1v) is 12.3. The van der Waals surface area contributed by atoms with Gasteiger partial charge >= 0.3 is 0 Å². The smallest absolute Gasteiger partial charge is 0.230 e. The highest BCUT2D eigenvalue weighted by Gasteiger charge is 2.20. The molecule has 30 heavy (non-hydrogen) atoms. The Labute approximate surface area is 187 Å². The number of unbranched alkanes of at least 4 members (excludes halogenated alkanes) is 1. The number of amides is 1. The van der Waals surface area contributed by atoms with Crippen molar-refractivity contribution in [3.05, 3.63) is 52.3 Å². The molecule has 160 valence electrons. The zero-order valence-electron chi connectivity index (χ0n) is 18.4. The standard InChI is InChI=1S/C23H30N4OS2/c1-6-8-13-26-17(4)16(3)24-22(26)29-14-20-15-30-23(25-20)27(18(5)28)21-12-10-9-11-19(21)7-2/h9-12,15H,6-8,13-14H2,1-5H3. The molecule has 0 aliphatic heterocycles. The van der Waals surface area contributed by atoms with Gasteiger partial charge in [0.2, 0.25) is 5.91 Å². The Morgan fingerprint density at radius 3 is 2.67 bits per heavy atom. The first-order valence-electron chi connectivity index (χ1n) is 10.5. The largest absolute Gasteiger partial charge is 0.323 e. The number of thiazole rings is 1. The number of hydrogen-bond acceptors (Lipinski definition) is 5. The van der Waals surface area contributed by atoms with E-state index in [0.717, 1.165) is 64.5 Å². The fourth-order valence-electron chi connectivity index (χ4n) is 3.35. The van der Waals surface area contributed by atoms with Gasteiger partial charge in [0.05, 0.1) is 17.1 Å². The molecule has 1 amide bonds. The molecule has 2 heterocycles. The van der Waals surface area contributed by atoms with Crippen molar-refractivity contribution in [1.82, 2.24) is 14.5 Å². The van der Waals surface area contributed by atoms with E-state index >= 15 is 0 Å². The summed E-state index contributed by atoms with van der Waals surface area (Å²) < 4.78 is 2.32. The van der Waals surface area contributed by atoms with Crippen LogP contribution in [-0.4, -0.2) is 20.4 Å². The monoisotopic (exact) mass is 442 g/mol. The third-order valence-electron chi connectivity index (χ3n) is 5.17. The van der Waals surface area contributed by atoms with Crippen LogP contribution in [0.1, 0.15) is 56.3 Å². The van der Waals surface area contributed by atoms with Gasteiger partial charge in [-0.1, -0.05) is 50.2 Å². The molecule has 0 aliphatic carbocycles. The summed E-state index contributed by atoms with van der Waals surface area (Å²) in [5.41, 5.74) is 5.36. The number of nitrogens with zero attached hydrogens (tertiary/aromatic N) is 4. The average Bonchev–Trinajstić information content (AvgIpc) is 3.30. The molecule has 0 spiro atoms. The molecule has 0 saturated heterocycles. The minimum atomic E-state index is -0.0224. The molecule has 7 heteroatoms. The quantitative estimate of drug-likeness (QED) is 0.365. The maximum absolute atomic E-state index is 12.5. The van der Waals surface area contributed by atoms with Crippen molar-refractivity contribution in [3.8, 4) is 0 Å². The summed E-state index contributed by atoms with van der Waals surface area (Å²) in [6.45, 7) is 11.1. The zero-order valence-corrected chi connectivity index (χ0v) is 20.1. The van der Waals surface area contributed by atoms with E-state index in [4.69, 9.17) is 9.97 Å². The second-order valence-electron chi connectivity index (χ2n) is 7.32. The molecular weight excluding hydrogens is 412 g/mol. The van der Waals surface area contributed by atoms with E-state index in [-0.39, 0.29) is 5.91 Å². The van der Waals surface area contributed by atoms with Gasteiger partial charge in [0.25, 0.3) is 0 Å². The lowest BCUT2D eigenvalue weighted by Crippen LogP contribution is -2.23. The van der Waals surface area contributed by atoms with Crippen LogP contribution in [-0.2, 0) is 23.5 Å². The lowest BCUT2D eigenvalue weighted by atomic mass is 10.1. The fourth-order valence-corrected chi connectivity index (χ4v) is 5.35. The average molecular weight is 443 g/mol. The number of aryl methyl sites for hydroxylation is 2. The van der Waals surface area contributed by atoms with Crippen LogP contribution >= 0.6 is 23.1 Å². The topological polar surface area (TPSA) is 51.0 Å². The Kier molecular flexibility index (Phi) is 7.72. The minimum Gasteiger partial charge on any atom is -0.323 e. The predicted molar refractivity (Wildman–Crippen MR) is 127 cm³/mol. The third-order valence-corrected chi connectivity index (χ3v) is 7.05. The molecule has 0 aliphatic rings. The number of hydrogen-bond donors (Lipinski definition) is 0. The Hall–Kier alpha value is -2.12. The number of rotatable bonds is 9. The predicted octanol–water partition coefficient (Wildman–Crippen LogP) is 6.30. The van der Waals surface area contributed by atoms with Gasteiger partial charge in [0, 0.05) is 30.3 Å². The Balaban J connectivity index is 1.79. The van der Waals surface area contributed by atoms with E-state index in [1.807, 2.05) is 23.6 Å². The van der Waals surface area contributed by atoms with Crippen LogP contribution in [0.4, 0.5) is 10.8 Å². The van der Waals surface area contributed by atoms with Crippen molar-refractivity contribution in [1.29, 1.82) is 0 Å². The van der Waals surface area contributed by atoms with Crippen molar-refractivity contribution in [2.75, 3.05) is 4.90 Å². The van der Waals surface area contributed by atoms with Crippen molar-refractivity contribution in [2.45, 2.75) is 71.3 Å². The highest BCUT2D eigenvalue weighted by Crippen LogP contribution is 2.33. The summed E-state index contributed by atoms with van der Waals surface area (Å²) in [5, 5.41) is 3.82. The van der Waals surface area contributed by atoms with Gasteiger partial charge in [0.1, 0.15) is 0 Å². The van der Waals surface area contributed by atoms with Gasteiger partial charge in [-0.05, 0) is 38.3 Å². The number of carbonyl (C=O) groups excluding carboxylic acids is 1. The van der Waals surface area contributed by atoms with E-state index in [1.165, 1.54) is 17.0 Å². The molecule has 0 radical (unpaired) electrons. The number of imidazole rings is 1. The van der Waals surface area contributed by atoms with Gasteiger partial charge in [0.15, 0.2) is 10.3 Å². The molecule has 1 aromatic carbocycles. The zero-order chi connectivity index (χ0) is 21.7. The van der Waals surface area contributed by atoms with E-state index in [0.29, 0.717) is 0 Å². The van der Waals surface area contributed by atoms with E-state index in [9.17, 15) is 4.79 Å². The molecule has 3 rings (SSSR count). The SMILES string of the molecule is CCCCn1c(SCc2csc(N(C(C)=O)c3ccccc3CC)n2)nc(C)c1C. The molecule has 0 saturated carbocycles. The number of carbonyl (C=O) groups is 1. The maximum atomic E-state index is 12.5. The summed E-state index contributed by atoms with van der Waals surface area (Å²) in [6.07, 6.45) is 3.18. The minimum absolute atomic E-state index is 0.0224. The van der Waals surface area contributed by atoms with Crippen LogP contribution < -0.4 is 4.90 Å². The van der Waals surface area contributed by atoms with Crippen molar-refractivity contribution in [2.24, 2.45) is 0 Å². The van der Waals surface area contributed by atoms with Gasteiger partial charge in [-0.25, -0.2) is 9.97 Å². The van der Waals surface area contributed by atoms with Gasteiger partial charge in [-0.3, -0.25) is 9.69 Å². The molecule has 2 aromatic heterocycles. The summed E-state index contributed by atoms with van der Waals surface area (Å²) in [4.78, 5) is 23.7. The summed E-state index contributed by atoms with van der Waals surface area (Å²) in [6, 6.07) is 8.04. The summed E-state index contributed by atoms with van der Waals surface area (Å²) in [7, 11) is 0. The highest BCUT2D eigenvalue weighted by atomic mass is 32.2. The first kappa shape index (κ1) is 22.6. The molecule has 0 bridgehead atoms. The molecular formula is C23H30N4OS2. The Morgan fingerprint density at radius 1 is 1.20 bits per heavy atom. The van der Waals surface area contributed by atoms with Crippen LogP contribution in [0.2, 0.25) is 0 Å². The number of anilines is 2. The Bertz CT molecular complexity index is 1010.